The fourth-order valence-corrected chi connectivity index (χ4v) is 2.70. The summed E-state index contributed by atoms with van der Waals surface area (Å²) in [6, 6.07) is 11.8. The highest BCUT2D eigenvalue weighted by molar-refractivity contribution is 5.68. The smallest absolute Gasteiger partial charge is 0.247 e. The summed E-state index contributed by atoms with van der Waals surface area (Å²) in [5.41, 5.74) is 3.48. The molecule has 3 aromatic heterocycles. The molecule has 0 saturated heterocycles. The molecule has 0 atom stereocenters. The van der Waals surface area contributed by atoms with Gasteiger partial charge in [-0.25, -0.2) is 0 Å². The minimum Gasteiger partial charge on any atom is -0.419 e. The Labute approximate surface area is 150 Å². The van der Waals surface area contributed by atoms with E-state index in [-0.39, 0.29) is 0 Å². The molecule has 0 spiro atoms. The van der Waals surface area contributed by atoms with Crippen LogP contribution in [-0.2, 0) is 6.54 Å². The maximum Gasteiger partial charge on any atom is 0.247 e. The van der Waals surface area contributed by atoms with Crippen molar-refractivity contribution < 1.29 is 4.42 Å². The first-order valence-corrected chi connectivity index (χ1v) is 8.41. The minimum atomic E-state index is 0.294. The molecule has 0 aliphatic rings. The van der Waals surface area contributed by atoms with E-state index in [0.717, 1.165) is 16.9 Å². The van der Waals surface area contributed by atoms with E-state index in [1.807, 2.05) is 48.3 Å². The van der Waals surface area contributed by atoms with Crippen molar-refractivity contribution in [3.63, 3.8) is 0 Å². The number of anilines is 1. The Morgan fingerprint density at radius 1 is 1.12 bits per heavy atom. The van der Waals surface area contributed by atoms with Crippen molar-refractivity contribution in [1.29, 1.82) is 0 Å². The van der Waals surface area contributed by atoms with Crippen molar-refractivity contribution in [2.45, 2.75) is 26.3 Å². The lowest BCUT2D eigenvalue weighted by Crippen LogP contribution is -2.19. The molecule has 0 aliphatic heterocycles. The van der Waals surface area contributed by atoms with Crippen molar-refractivity contribution in [1.82, 2.24) is 30.0 Å². The van der Waals surface area contributed by atoms with Gasteiger partial charge in [-0.15, -0.1) is 20.4 Å². The number of nitrogens with zero attached hydrogens (tertiary/aromatic N) is 7. The second-order valence-electron chi connectivity index (χ2n) is 6.43. The van der Waals surface area contributed by atoms with E-state index in [2.05, 4.69) is 39.3 Å². The molecule has 1 aromatic carbocycles. The highest BCUT2D eigenvalue weighted by Crippen LogP contribution is 2.25. The number of benzene rings is 1. The van der Waals surface area contributed by atoms with Crippen LogP contribution in [0.1, 0.15) is 31.4 Å². The van der Waals surface area contributed by atoms with Crippen LogP contribution < -0.4 is 4.90 Å². The number of rotatable bonds is 5. The van der Waals surface area contributed by atoms with E-state index in [1.165, 1.54) is 0 Å². The Morgan fingerprint density at radius 3 is 2.69 bits per heavy atom. The molecule has 8 heteroatoms. The van der Waals surface area contributed by atoms with Gasteiger partial charge in [0.05, 0.1) is 17.9 Å². The van der Waals surface area contributed by atoms with Gasteiger partial charge in [0.15, 0.2) is 0 Å². The van der Waals surface area contributed by atoms with Crippen LogP contribution in [0.2, 0.25) is 0 Å². The molecule has 0 radical (unpaired) electrons. The molecule has 0 bridgehead atoms. The summed E-state index contributed by atoms with van der Waals surface area (Å²) >= 11 is 0. The third kappa shape index (κ3) is 3.01. The van der Waals surface area contributed by atoms with Gasteiger partial charge >= 0.3 is 0 Å². The van der Waals surface area contributed by atoms with E-state index in [1.54, 1.807) is 10.8 Å². The molecule has 0 amide bonds. The molecule has 4 aromatic rings. The largest absolute Gasteiger partial charge is 0.419 e. The third-order valence-electron chi connectivity index (χ3n) is 4.13. The van der Waals surface area contributed by atoms with Gasteiger partial charge in [-0.3, -0.25) is 0 Å². The van der Waals surface area contributed by atoms with Crippen molar-refractivity contribution in [3.05, 3.63) is 54.3 Å². The zero-order valence-corrected chi connectivity index (χ0v) is 14.9. The average Bonchev–Trinajstić information content (AvgIpc) is 3.30. The average molecular weight is 349 g/mol. The minimum absolute atomic E-state index is 0.294. The first-order chi connectivity index (χ1) is 12.6. The van der Waals surface area contributed by atoms with Crippen LogP contribution in [0.3, 0.4) is 0 Å². The molecule has 8 nitrogen and oxygen atoms in total. The van der Waals surface area contributed by atoms with E-state index in [4.69, 9.17) is 4.42 Å². The molecule has 3 heterocycles. The van der Waals surface area contributed by atoms with E-state index in [9.17, 15) is 0 Å². The first-order valence-electron chi connectivity index (χ1n) is 8.41. The molecular weight excluding hydrogens is 330 g/mol. The zero-order valence-electron chi connectivity index (χ0n) is 14.9. The molecule has 0 unspecified atom stereocenters. The fourth-order valence-electron chi connectivity index (χ4n) is 2.70. The highest BCUT2D eigenvalue weighted by atomic mass is 16.4. The second-order valence-corrected chi connectivity index (χ2v) is 6.43. The van der Waals surface area contributed by atoms with Crippen molar-refractivity contribution in [3.8, 4) is 11.5 Å². The number of fused-ring (bicyclic) bond motifs is 1. The Bertz CT molecular complexity index is 1020. The predicted molar refractivity (Wildman–Crippen MR) is 96.7 cm³/mol. The molecule has 0 saturated carbocycles. The zero-order chi connectivity index (χ0) is 18.1. The van der Waals surface area contributed by atoms with Crippen LogP contribution in [0.4, 0.5) is 5.69 Å². The van der Waals surface area contributed by atoms with Crippen molar-refractivity contribution in [2.75, 3.05) is 11.9 Å². The Kier molecular flexibility index (Phi) is 4.08. The van der Waals surface area contributed by atoms with Gasteiger partial charge < -0.3 is 9.32 Å². The molecule has 0 N–H and O–H groups in total. The summed E-state index contributed by atoms with van der Waals surface area (Å²) in [6.45, 7) is 4.67. The maximum atomic E-state index is 5.81. The van der Waals surface area contributed by atoms with Crippen molar-refractivity contribution in [2.24, 2.45) is 0 Å². The van der Waals surface area contributed by atoms with E-state index in [0.29, 0.717) is 29.9 Å². The summed E-state index contributed by atoms with van der Waals surface area (Å²) in [5.74, 6) is 1.34. The number of hydrogen-bond acceptors (Lipinski definition) is 7. The van der Waals surface area contributed by atoms with Crippen LogP contribution >= 0.6 is 0 Å². The van der Waals surface area contributed by atoms with E-state index < -0.39 is 0 Å². The Balaban J connectivity index is 1.63. The summed E-state index contributed by atoms with van der Waals surface area (Å²) < 4.78 is 7.51. The van der Waals surface area contributed by atoms with Gasteiger partial charge in [0.1, 0.15) is 6.33 Å². The standard InChI is InChI=1S/C18H19N7O/c1-12(2)14-9-15(17-21-19-11-25(17)23-14)24(3)10-16-20-22-18(26-16)13-7-5-4-6-8-13/h4-9,11-12H,10H2,1-3H3. The van der Waals surface area contributed by atoms with Gasteiger partial charge in [0.25, 0.3) is 0 Å². The van der Waals surface area contributed by atoms with Crippen LogP contribution in [0.15, 0.2) is 47.1 Å². The van der Waals surface area contributed by atoms with Crippen LogP contribution in [-0.4, -0.2) is 37.1 Å². The van der Waals surface area contributed by atoms with Gasteiger partial charge in [-0.05, 0) is 24.1 Å². The first kappa shape index (κ1) is 16.2. The molecule has 0 fully saturated rings. The molecule has 132 valence electrons. The number of aromatic nitrogens is 6. The topological polar surface area (TPSA) is 85.2 Å². The quantitative estimate of drug-likeness (QED) is 0.547. The lowest BCUT2D eigenvalue weighted by molar-refractivity contribution is 0.503. The van der Waals surface area contributed by atoms with Gasteiger partial charge in [-0.1, -0.05) is 32.0 Å². The molecule has 26 heavy (non-hydrogen) atoms. The number of hydrogen-bond donors (Lipinski definition) is 0. The molecule has 4 rings (SSSR count). The molecule has 0 aliphatic carbocycles. The third-order valence-corrected chi connectivity index (χ3v) is 4.13. The SMILES string of the molecule is CC(C)c1cc(N(C)Cc2nnc(-c3ccccc3)o2)c2nncn2n1. The monoisotopic (exact) mass is 349 g/mol. The summed E-state index contributed by atoms with van der Waals surface area (Å²) in [5, 5.41) is 21.0. The maximum absolute atomic E-state index is 5.81. The lowest BCUT2D eigenvalue weighted by Gasteiger charge is -2.18. The summed E-state index contributed by atoms with van der Waals surface area (Å²) in [6.07, 6.45) is 1.61. The lowest BCUT2D eigenvalue weighted by atomic mass is 10.1. The normalized spacial score (nSPS) is 11.4. The van der Waals surface area contributed by atoms with Gasteiger partial charge in [0.2, 0.25) is 17.4 Å². The Morgan fingerprint density at radius 2 is 1.92 bits per heavy atom. The predicted octanol–water partition coefficient (Wildman–Crippen LogP) is 2.93. The van der Waals surface area contributed by atoms with Gasteiger partial charge in [0, 0.05) is 12.6 Å². The molecular formula is C18H19N7O. The van der Waals surface area contributed by atoms with Gasteiger partial charge in [-0.2, -0.15) is 9.61 Å². The highest BCUT2D eigenvalue weighted by Gasteiger charge is 2.16. The van der Waals surface area contributed by atoms with E-state index >= 15 is 0 Å². The van der Waals surface area contributed by atoms with Crippen molar-refractivity contribution >= 4 is 11.3 Å². The summed E-state index contributed by atoms with van der Waals surface area (Å²) in [4.78, 5) is 2.01. The Hall–Kier alpha value is -3.29. The van der Waals surface area contributed by atoms with Crippen LogP contribution in [0.25, 0.3) is 17.1 Å². The van der Waals surface area contributed by atoms with Crippen LogP contribution in [0.5, 0.6) is 0 Å². The fraction of sp³-hybridized carbons (Fsp3) is 0.278. The summed E-state index contributed by atoms with van der Waals surface area (Å²) in [7, 11) is 1.96. The van der Waals surface area contributed by atoms with Crippen LogP contribution in [0, 0.1) is 0 Å². The second kappa shape index (κ2) is 6.55.